The first-order chi connectivity index (χ1) is 9.86. The molecule has 1 aliphatic heterocycles. The van der Waals surface area contributed by atoms with Gasteiger partial charge >= 0.3 is 0 Å². The van der Waals surface area contributed by atoms with E-state index in [1.165, 1.54) is 0 Å². The Labute approximate surface area is 135 Å². The second-order valence-corrected chi connectivity index (χ2v) is 8.56. The minimum absolute atomic E-state index is 0.238. The summed E-state index contributed by atoms with van der Waals surface area (Å²) < 4.78 is 27.9. The van der Waals surface area contributed by atoms with Gasteiger partial charge in [0, 0.05) is 30.8 Å². The summed E-state index contributed by atoms with van der Waals surface area (Å²) in [6.45, 7) is 5.57. The van der Waals surface area contributed by atoms with Gasteiger partial charge in [-0.15, -0.1) is 0 Å². The van der Waals surface area contributed by atoms with Gasteiger partial charge in [-0.25, -0.2) is 13.4 Å². The summed E-state index contributed by atoms with van der Waals surface area (Å²) in [7, 11) is -1.82. The second-order valence-electron chi connectivity index (χ2n) is 5.74. The van der Waals surface area contributed by atoms with E-state index in [9.17, 15) is 8.42 Å². The maximum atomic E-state index is 12.8. The number of nitrogens with one attached hydrogen (secondary N) is 1. The highest BCUT2D eigenvalue weighted by atomic mass is 79.9. The van der Waals surface area contributed by atoms with Crippen molar-refractivity contribution in [1.29, 1.82) is 0 Å². The van der Waals surface area contributed by atoms with E-state index in [0.29, 0.717) is 35.2 Å². The average molecular weight is 376 g/mol. The summed E-state index contributed by atoms with van der Waals surface area (Å²) in [4.78, 5) is 4.38. The van der Waals surface area contributed by atoms with Crippen molar-refractivity contribution in [3.63, 3.8) is 0 Å². The molecule has 0 amide bonds. The summed E-state index contributed by atoms with van der Waals surface area (Å²) in [5.41, 5.74) is 0. The summed E-state index contributed by atoms with van der Waals surface area (Å²) in [5, 5.41) is 2.86. The molecule has 1 fully saturated rings. The molecule has 1 saturated heterocycles. The second kappa shape index (κ2) is 6.62. The van der Waals surface area contributed by atoms with E-state index in [1.54, 1.807) is 23.6 Å². The van der Waals surface area contributed by atoms with Crippen molar-refractivity contribution in [3.8, 4) is 0 Å². The summed E-state index contributed by atoms with van der Waals surface area (Å²) in [6.07, 6.45) is 3.44. The summed E-state index contributed by atoms with van der Waals surface area (Å²) >= 11 is 3.30. The van der Waals surface area contributed by atoms with Gasteiger partial charge in [0.1, 0.15) is 10.7 Å². The van der Waals surface area contributed by atoms with Gasteiger partial charge in [0.2, 0.25) is 10.0 Å². The molecular formula is C14H22BrN3O2S. The fourth-order valence-corrected chi connectivity index (χ4v) is 4.85. The molecule has 21 heavy (non-hydrogen) atoms. The van der Waals surface area contributed by atoms with Gasteiger partial charge in [-0.05, 0) is 46.7 Å². The Balaban J connectivity index is 2.25. The first-order valence-electron chi connectivity index (χ1n) is 7.19. The average Bonchev–Trinajstić information content (AvgIpc) is 2.47. The molecule has 1 N–H and O–H groups in total. The van der Waals surface area contributed by atoms with E-state index in [0.717, 1.165) is 12.8 Å². The molecule has 0 aromatic carbocycles. The molecule has 1 aromatic heterocycles. The Morgan fingerprint density at radius 3 is 2.52 bits per heavy atom. The van der Waals surface area contributed by atoms with E-state index in [-0.39, 0.29) is 4.90 Å². The molecule has 0 atom stereocenters. The zero-order valence-corrected chi connectivity index (χ0v) is 15.0. The lowest BCUT2D eigenvalue weighted by Gasteiger charge is -2.33. The van der Waals surface area contributed by atoms with Crippen LogP contribution in [0.4, 0.5) is 5.82 Å². The highest BCUT2D eigenvalue weighted by Crippen LogP contribution is 2.31. The Hall–Kier alpha value is -0.660. The highest BCUT2D eigenvalue weighted by molar-refractivity contribution is 9.10. The molecule has 0 unspecified atom stereocenters. The van der Waals surface area contributed by atoms with Gasteiger partial charge < -0.3 is 5.32 Å². The number of anilines is 1. The molecule has 0 bridgehead atoms. The molecule has 5 nitrogen and oxygen atoms in total. The van der Waals surface area contributed by atoms with Crippen LogP contribution in [0.5, 0.6) is 0 Å². The number of aromatic nitrogens is 1. The fourth-order valence-electron chi connectivity index (χ4n) is 2.73. The van der Waals surface area contributed by atoms with Crippen molar-refractivity contribution in [1.82, 2.24) is 9.29 Å². The minimum Gasteiger partial charge on any atom is -0.372 e. The Morgan fingerprint density at radius 2 is 2.00 bits per heavy atom. The Morgan fingerprint density at radius 1 is 1.38 bits per heavy atom. The number of hydrogen-bond donors (Lipinski definition) is 1. The van der Waals surface area contributed by atoms with Gasteiger partial charge in [0.05, 0.1) is 0 Å². The lowest BCUT2D eigenvalue weighted by molar-refractivity contribution is 0.226. The quantitative estimate of drug-likeness (QED) is 0.878. The molecule has 1 aromatic rings. The monoisotopic (exact) mass is 375 g/mol. The van der Waals surface area contributed by atoms with Crippen LogP contribution in [0.3, 0.4) is 0 Å². The third kappa shape index (κ3) is 3.57. The van der Waals surface area contributed by atoms with E-state index in [1.807, 2.05) is 0 Å². The van der Waals surface area contributed by atoms with Crippen LogP contribution in [-0.4, -0.2) is 37.8 Å². The first kappa shape index (κ1) is 16.7. The molecule has 0 radical (unpaired) electrons. The van der Waals surface area contributed by atoms with Crippen molar-refractivity contribution >= 4 is 31.8 Å². The number of piperidine rings is 1. The smallest absolute Gasteiger partial charge is 0.246 e. The van der Waals surface area contributed by atoms with Crippen LogP contribution in [0, 0.1) is 11.8 Å². The number of pyridine rings is 1. The lowest BCUT2D eigenvalue weighted by atomic mass is 9.87. The molecular weight excluding hydrogens is 354 g/mol. The zero-order chi connectivity index (χ0) is 15.6. The van der Waals surface area contributed by atoms with Gasteiger partial charge in [0.15, 0.2) is 0 Å². The van der Waals surface area contributed by atoms with Crippen molar-refractivity contribution in [2.75, 3.05) is 25.5 Å². The number of rotatable bonds is 4. The maximum Gasteiger partial charge on any atom is 0.246 e. The van der Waals surface area contributed by atoms with Crippen molar-refractivity contribution in [2.24, 2.45) is 11.8 Å². The first-order valence-corrected chi connectivity index (χ1v) is 9.43. The van der Waals surface area contributed by atoms with Gasteiger partial charge in [0.25, 0.3) is 0 Å². The minimum atomic E-state index is -3.50. The topological polar surface area (TPSA) is 62.3 Å². The number of hydrogen-bond acceptors (Lipinski definition) is 4. The van der Waals surface area contributed by atoms with Crippen LogP contribution in [0.25, 0.3) is 0 Å². The Kier molecular flexibility index (Phi) is 5.27. The van der Waals surface area contributed by atoms with Crippen LogP contribution in [0.1, 0.15) is 26.7 Å². The van der Waals surface area contributed by atoms with Gasteiger partial charge in [-0.2, -0.15) is 4.31 Å². The molecule has 7 heteroatoms. The zero-order valence-electron chi connectivity index (χ0n) is 12.6. The van der Waals surface area contributed by atoms with E-state index in [4.69, 9.17) is 0 Å². The third-order valence-corrected chi connectivity index (χ3v) is 6.46. The molecule has 2 heterocycles. The lowest BCUT2D eigenvalue weighted by Crippen LogP contribution is -2.39. The number of nitrogens with zero attached hydrogens (tertiary/aromatic N) is 2. The van der Waals surface area contributed by atoms with Gasteiger partial charge in [-0.3, -0.25) is 0 Å². The standard InChI is InChI=1S/C14H22BrN3O2S/c1-10(2)11-4-6-18(7-5-11)21(19,20)13-8-12(15)9-17-14(13)16-3/h8-11H,4-7H2,1-3H3,(H,16,17). The highest BCUT2D eigenvalue weighted by Gasteiger charge is 2.32. The molecule has 0 aliphatic carbocycles. The van der Waals surface area contributed by atoms with Crippen molar-refractivity contribution in [3.05, 3.63) is 16.7 Å². The van der Waals surface area contributed by atoms with E-state index >= 15 is 0 Å². The SMILES string of the molecule is CNc1ncc(Br)cc1S(=O)(=O)N1CCC(C(C)C)CC1. The van der Waals surface area contributed by atoms with Crippen LogP contribution >= 0.6 is 15.9 Å². The van der Waals surface area contributed by atoms with Crippen LogP contribution in [-0.2, 0) is 10.0 Å². The summed E-state index contributed by atoms with van der Waals surface area (Å²) in [5.74, 6) is 1.61. The fraction of sp³-hybridized carbons (Fsp3) is 0.643. The molecule has 118 valence electrons. The molecule has 2 rings (SSSR count). The third-order valence-electron chi connectivity index (χ3n) is 4.12. The molecule has 1 aliphatic rings. The maximum absolute atomic E-state index is 12.8. The van der Waals surface area contributed by atoms with Crippen molar-refractivity contribution in [2.45, 2.75) is 31.6 Å². The van der Waals surface area contributed by atoms with Crippen LogP contribution in [0.15, 0.2) is 21.6 Å². The largest absolute Gasteiger partial charge is 0.372 e. The predicted octanol–water partition coefficient (Wildman–Crippen LogP) is 2.94. The van der Waals surface area contributed by atoms with Crippen LogP contribution < -0.4 is 5.32 Å². The molecule has 0 saturated carbocycles. The Bertz CT molecular complexity index is 596. The van der Waals surface area contributed by atoms with Crippen LogP contribution in [0.2, 0.25) is 0 Å². The predicted molar refractivity (Wildman–Crippen MR) is 87.8 cm³/mol. The normalized spacial score (nSPS) is 18.1. The summed E-state index contributed by atoms with van der Waals surface area (Å²) in [6, 6.07) is 1.61. The van der Waals surface area contributed by atoms with E-state index < -0.39 is 10.0 Å². The van der Waals surface area contributed by atoms with E-state index in [2.05, 4.69) is 40.1 Å². The number of sulfonamides is 1. The number of halogens is 1. The van der Waals surface area contributed by atoms with Crippen molar-refractivity contribution < 1.29 is 8.42 Å². The molecule has 0 spiro atoms. The van der Waals surface area contributed by atoms with Gasteiger partial charge in [-0.1, -0.05) is 13.8 Å².